The molecule has 0 bridgehead atoms. The van der Waals surface area contributed by atoms with Gasteiger partial charge in [-0.05, 0) is 54.8 Å². The number of carbonyl (C=O) groups is 1. The van der Waals surface area contributed by atoms with Crippen LogP contribution in [0.5, 0.6) is 17.4 Å². The number of aromatic nitrogens is 4. The van der Waals surface area contributed by atoms with Crippen LogP contribution in [0, 0.1) is 6.92 Å². The van der Waals surface area contributed by atoms with E-state index in [2.05, 4.69) is 30.1 Å². The molecule has 2 amide bonds. The van der Waals surface area contributed by atoms with Crippen molar-refractivity contribution in [2.45, 2.75) is 33.1 Å². The third kappa shape index (κ3) is 8.82. The monoisotopic (exact) mass is 707 g/mol. The van der Waals surface area contributed by atoms with E-state index < -0.39 is 15.8 Å². The van der Waals surface area contributed by atoms with E-state index in [1.165, 1.54) is 0 Å². The first-order valence-electron chi connectivity index (χ1n) is 14.9. The quantitative estimate of drug-likeness (QED) is 0.148. The molecular formula is C34H35Cl2N7O4S. The number of hydrogen-bond acceptors (Lipinski definition) is 8. The second-order valence-corrected chi connectivity index (χ2v) is 14.9. The van der Waals surface area contributed by atoms with Crippen molar-refractivity contribution in [2.75, 3.05) is 30.3 Å². The van der Waals surface area contributed by atoms with E-state index in [-0.39, 0.29) is 33.3 Å². The van der Waals surface area contributed by atoms with Gasteiger partial charge in [-0.3, -0.25) is 5.32 Å². The third-order valence-corrected chi connectivity index (χ3v) is 8.42. The van der Waals surface area contributed by atoms with Crippen LogP contribution in [-0.4, -0.2) is 49.6 Å². The maximum absolute atomic E-state index is 13.1. The molecule has 250 valence electrons. The second-order valence-electron chi connectivity index (χ2n) is 11.6. The zero-order valence-corrected chi connectivity index (χ0v) is 29.6. The highest BCUT2D eigenvalue weighted by Gasteiger charge is 2.18. The molecule has 2 N–H and O–H groups in total. The van der Waals surface area contributed by atoms with Crippen LogP contribution in [0.2, 0.25) is 10.0 Å². The van der Waals surface area contributed by atoms with E-state index in [0.717, 1.165) is 22.5 Å². The van der Waals surface area contributed by atoms with Crippen LogP contribution in [0.1, 0.15) is 42.4 Å². The molecule has 48 heavy (non-hydrogen) atoms. The number of benzene rings is 3. The Morgan fingerprint density at radius 3 is 2.44 bits per heavy atom. The van der Waals surface area contributed by atoms with Gasteiger partial charge in [0.2, 0.25) is 5.88 Å². The molecule has 0 aliphatic rings. The summed E-state index contributed by atoms with van der Waals surface area (Å²) < 4.78 is 29.6. The van der Waals surface area contributed by atoms with Crippen LogP contribution < -0.4 is 20.1 Å². The van der Waals surface area contributed by atoms with Gasteiger partial charge in [0, 0.05) is 53.1 Å². The Bertz CT molecular complexity index is 2080. The van der Waals surface area contributed by atoms with Crippen molar-refractivity contribution in [3.8, 4) is 23.1 Å². The predicted molar refractivity (Wildman–Crippen MR) is 191 cm³/mol. The fourth-order valence-electron chi connectivity index (χ4n) is 4.62. The molecule has 0 saturated carbocycles. The lowest BCUT2D eigenvalue weighted by Gasteiger charge is -2.14. The molecule has 0 saturated heterocycles. The lowest BCUT2D eigenvalue weighted by molar-refractivity contribution is 0.262. The minimum atomic E-state index is -2.37. The first-order chi connectivity index (χ1) is 22.8. The van der Waals surface area contributed by atoms with Crippen LogP contribution >= 0.6 is 23.2 Å². The van der Waals surface area contributed by atoms with Gasteiger partial charge in [-0.25, -0.2) is 18.7 Å². The molecule has 0 atom stereocenters. The summed E-state index contributed by atoms with van der Waals surface area (Å²) in [5.41, 5.74) is 4.38. The largest absolute Gasteiger partial charge is 0.497 e. The summed E-state index contributed by atoms with van der Waals surface area (Å²) in [5.74, 6) is 2.16. The number of rotatable bonds is 10. The number of anilines is 2. The van der Waals surface area contributed by atoms with E-state index in [1.54, 1.807) is 54.8 Å². The number of nitrogens with zero attached hydrogens (tertiary/aromatic N) is 5. The molecule has 0 aliphatic carbocycles. The van der Waals surface area contributed by atoms with E-state index in [9.17, 15) is 9.00 Å². The summed E-state index contributed by atoms with van der Waals surface area (Å²) in [6.45, 7) is 6.07. The van der Waals surface area contributed by atoms with Crippen LogP contribution in [0.15, 0.2) is 77.3 Å². The summed E-state index contributed by atoms with van der Waals surface area (Å²) in [7, 11) is -0.815. The number of halogens is 2. The number of amides is 2. The number of aryl methyl sites for hydroxylation is 1. The number of methoxy groups -OCH3 is 1. The Labute approximate surface area is 289 Å². The normalized spacial score (nSPS) is 11.4. The minimum absolute atomic E-state index is 0.0863. The highest BCUT2D eigenvalue weighted by molar-refractivity contribution is 7.92. The van der Waals surface area contributed by atoms with Gasteiger partial charge < -0.3 is 14.8 Å². The summed E-state index contributed by atoms with van der Waals surface area (Å²) >= 11 is 13.2. The van der Waals surface area contributed by atoms with Gasteiger partial charge in [0.15, 0.2) is 0 Å². The van der Waals surface area contributed by atoms with Gasteiger partial charge in [-0.1, -0.05) is 54.7 Å². The zero-order chi connectivity index (χ0) is 34.6. The van der Waals surface area contributed by atoms with Crippen LogP contribution in [0.3, 0.4) is 0 Å². The van der Waals surface area contributed by atoms with Crippen LogP contribution in [0.25, 0.3) is 5.69 Å². The van der Waals surface area contributed by atoms with Gasteiger partial charge in [0.25, 0.3) is 0 Å². The molecule has 0 unspecified atom stereocenters. The molecule has 5 aromatic rings. The average molecular weight is 709 g/mol. The highest BCUT2D eigenvalue weighted by Crippen LogP contribution is 2.39. The third-order valence-electron chi connectivity index (χ3n) is 6.90. The summed E-state index contributed by atoms with van der Waals surface area (Å²) in [4.78, 5) is 22.0. The molecule has 5 rings (SSSR count). The standard InChI is InChI=1S/C34H35Cl2N7O4S/c1-20(2)27-19-30(43(41-27)24-9-7-21(3)8-10-24)40-34(44)38-26-11-12-28(33(36)32(26)35)47-31-13-14-37-29(39-31)17-22-15-23(42-48(5,6)45)18-25(16-22)46-4/h7-16,18-20H,17H2,1-6H3,(H2,38,40,44). The Hall–Kier alpha value is -4.65. The Kier molecular flexibility index (Phi) is 10.6. The SMILES string of the molecule is COc1cc(Cc2nccc(Oc3ccc(NC(=O)Nc4cc(C(C)C)nn4-c4ccc(C)cc4)c(Cl)c3Cl)n2)cc(N=S(C)(C)=O)c1. The number of hydrogen-bond donors (Lipinski definition) is 2. The van der Waals surface area contributed by atoms with Crippen molar-refractivity contribution in [2.24, 2.45) is 4.36 Å². The van der Waals surface area contributed by atoms with Gasteiger partial charge >= 0.3 is 6.03 Å². The first-order valence-corrected chi connectivity index (χ1v) is 17.9. The van der Waals surface area contributed by atoms with Crippen molar-refractivity contribution in [1.29, 1.82) is 0 Å². The Morgan fingerprint density at radius 2 is 1.75 bits per heavy atom. The zero-order valence-electron chi connectivity index (χ0n) is 27.2. The van der Waals surface area contributed by atoms with Gasteiger partial charge in [-0.15, -0.1) is 0 Å². The van der Waals surface area contributed by atoms with Gasteiger partial charge in [-0.2, -0.15) is 14.4 Å². The predicted octanol–water partition coefficient (Wildman–Crippen LogP) is 8.80. The molecule has 2 aromatic heterocycles. The van der Waals surface area contributed by atoms with E-state index in [1.807, 2.05) is 63.2 Å². The molecule has 14 heteroatoms. The van der Waals surface area contributed by atoms with E-state index >= 15 is 0 Å². The Balaban J connectivity index is 1.30. The van der Waals surface area contributed by atoms with E-state index in [0.29, 0.717) is 29.5 Å². The van der Waals surface area contributed by atoms with Crippen molar-refractivity contribution in [3.05, 3.63) is 106 Å². The van der Waals surface area contributed by atoms with Gasteiger partial charge in [0.1, 0.15) is 28.2 Å². The van der Waals surface area contributed by atoms with Crippen LogP contribution in [0.4, 0.5) is 22.0 Å². The fraction of sp³-hybridized carbons (Fsp3) is 0.235. The smallest absolute Gasteiger partial charge is 0.324 e. The van der Waals surface area contributed by atoms with Crippen LogP contribution in [-0.2, 0) is 16.1 Å². The Morgan fingerprint density at radius 1 is 1.00 bits per heavy atom. The van der Waals surface area contributed by atoms with Crippen molar-refractivity contribution in [3.63, 3.8) is 0 Å². The maximum Gasteiger partial charge on any atom is 0.324 e. The minimum Gasteiger partial charge on any atom is -0.497 e. The average Bonchev–Trinajstić information content (AvgIpc) is 3.44. The molecule has 2 heterocycles. The second kappa shape index (κ2) is 14.6. The summed E-state index contributed by atoms with van der Waals surface area (Å²) in [6.07, 6.45) is 5.03. The van der Waals surface area contributed by atoms with E-state index in [4.69, 9.17) is 32.7 Å². The topological polar surface area (TPSA) is 133 Å². The summed E-state index contributed by atoms with van der Waals surface area (Å²) in [6, 6.07) is 19.3. The number of urea groups is 1. The first kappa shape index (κ1) is 34.7. The molecule has 3 aromatic carbocycles. The number of ether oxygens (including phenoxy) is 2. The molecule has 0 aliphatic heterocycles. The van der Waals surface area contributed by atoms with Crippen molar-refractivity contribution >= 4 is 56.2 Å². The molecular weight excluding hydrogens is 673 g/mol. The molecule has 0 radical (unpaired) electrons. The maximum atomic E-state index is 13.1. The molecule has 0 fully saturated rings. The lowest BCUT2D eigenvalue weighted by Crippen LogP contribution is -2.21. The van der Waals surface area contributed by atoms with Gasteiger partial charge in [0.05, 0.1) is 34.9 Å². The fourth-order valence-corrected chi connectivity index (χ4v) is 5.64. The van der Waals surface area contributed by atoms with Crippen molar-refractivity contribution in [1.82, 2.24) is 19.7 Å². The molecule has 0 spiro atoms. The number of nitrogens with one attached hydrogen (secondary N) is 2. The molecule has 11 nitrogen and oxygen atoms in total. The number of carbonyl (C=O) groups excluding carboxylic acids is 1. The van der Waals surface area contributed by atoms with Crippen molar-refractivity contribution < 1.29 is 18.5 Å². The highest BCUT2D eigenvalue weighted by atomic mass is 35.5. The lowest BCUT2D eigenvalue weighted by atomic mass is 10.1. The summed E-state index contributed by atoms with van der Waals surface area (Å²) in [5, 5.41) is 10.5.